The minimum Gasteiger partial charge on any atom is -0.492 e. The molecule has 1 N–H and O–H groups in total. The fraction of sp³-hybridized carbons (Fsp3) is 0.222. The van der Waals surface area contributed by atoms with Crippen molar-refractivity contribution in [3.8, 4) is 5.75 Å². The molecular weight excluding hydrogens is 280 g/mol. The van der Waals surface area contributed by atoms with Crippen molar-refractivity contribution in [3.05, 3.63) is 65.2 Å². The Labute approximate surface area is 128 Å². The summed E-state index contributed by atoms with van der Waals surface area (Å²) in [6, 6.07) is 14.5. The molecule has 112 valence electrons. The number of fused-ring (bicyclic) bond motifs is 1. The molecule has 0 spiro atoms. The molecule has 0 radical (unpaired) electrons. The number of hydrogen-bond donors (Lipinski definition) is 1. The Morgan fingerprint density at radius 2 is 1.95 bits per heavy atom. The normalized spacial score (nSPS) is 18.2. The van der Waals surface area contributed by atoms with Crippen LogP contribution in [0.4, 0.5) is 0 Å². The van der Waals surface area contributed by atoms with Crippen molar-refractivity contribution in [2.75, 3.05) is 6.61 Å². The Bertz CT molecular complexity index is 721. The molecule has 4 heteroatoms. The zero-order valence-corrected chi connectivity index (χ0v) is 12.2. The number of Topliss-reactive ketones (excluding diaryl/α,β-unsaturated/α-hetero) is 1. The molecule has 0 saturated carbocycles. The Balaban J connectivity index is 1.98. The van der Waals surface area contributed by atoms with E-state index in [1.165, 1.54) is 0 Å². The molecule has 0 aromatic heterocycles. The third kappa shape index (κ3) is 2.48. The number of ether oxygens (including phenoxy) is 1. The predicted octanol–water partition coefficient (Wildman–Crippen LogP) is 3.23. The lowest BCUT2D eigenvalue weighted by Crippen LogP contribution is -2.26. The van der Waals surface area contributed by atoms with Gasteiger partial charge < -0.3 is 9.84 Å². The van der Waals surface area contributed by atoms with E-state index in [9.17, 15) is 9.59 Å². The van der Waals surface area contributed by atoms with Crippen LogP contribution in [0.3, 0.4) is 0 Å². The zero-order valence-electron chi connectivity index (χ0n) is 12.2. The van der Waals surface area contributed by atoms with Crippen molar-refractivity contribution in [1.82, 2.24) is 0 Å². The summed E-state index contributed by atoms with van der Waals surface area (Å²) in [5.74, 6) is -1.41. The first-order chi connectivity index (χ1) is 10.6. The molecule has 0 bridgehead atoms. The maximum absolute atomic E-state index is 12.7. The molecule has 0 saturated heterocycles. The van der Waals surface area contributed by atoms with Gasteiger partial charge in [0.15, 0.2) is 5.78 Å². The van der Waals surface area contributed by atoms with Gasteiger partial charge in [0.1, 0.15) is 12.4 Å². The van der Waals surface area contributed by atoms with Gasteiger partial charge in [-0.15, -0.1) is 0 Å². The summed E-state index contributed by atoms with van der Waals surface area (Å²) in [7, 11) is 0. The Hall–Kier alpha value is -2.62. The zero-order chi connectivity index (χ0) is 15.7. The van der Waals surface area contributed by atoms with Crippen molar-refractivity contribution in [2.24, 2.45) is 0 Å². The first-order valence-corrected chi connectivity index (χ1v) is 7.16. The maximum atomic E-state index is 12.7. The van der Waals surface area contributed by atoms with Crippen LogP contribution >= 0.6 is 0 Å². The minimum atomic E-state index is -0.913. The summed E-state index contributed by atoms with van der Waals surface area (Å²) in [4.78, 5) is 23.9. The Morgan fingerprint density at radius 1 is 1.23 bits per heavy atom. The number of carboxylic acid groups (broad SMARTS) is 1. The lowest BCUT2D eigenvalue weighted by molar-refractivity contribution is -0.138. The number of carbonyl (C=O) groups excluding carboxylic acids is 1. The van der Waals surface area contributed by atoms with Crippen LogP contribution in [0.1, 0.15) is 40.2 Å². The van der Waals surface area contributed by atoms with Crippen molar-refractivity contribution < 1.29 is 19.4 Å². The van der Waals surface area contributed by atoms with Gasteiger partial charge in [-0.25, -0.2) is 0 Å². The first kappa shape index (κ1) is 14.3. The molecule has 2 atom stereocenters. The van der Waals surface area contributed by atoms with Gasteiger partial charge in [-0.05, 0) is 30.2 Å². The first-order valence-electron chi connectivity index (χ1n) is 7.16. The Kier molecular flexibility index (Phi) is 3.67. The van der Waals surface area contributed by atoms with Crippen LogP contribution in [-0.2, 0) is 4.79 Å². The van der Waals surface area contributed by atoms with Crippen molar-refractivity contribution in [3.63, 3.8) is 0 Å². The summed E-state index contributed by atoms with van der Waals surface area (Å²) in [6.45, 7) is 1.91. The van der Waals surface area contributed by atoms with Crippen molar-refractivity contribution >= 4 is 11.8 Å². The van der Waals surface area contributed by atoms with Crippen molar-refractivity contribution in [1.29, 1.82) is 0 Å². The maximum Gasteiger partial charge on any atom is 0.310 e. The average Bonchev–Trinajstić information content (AvgIpc) is 2.55. The van der Waals surface area contributed by atoms with Crippen LogP contribution in [0, 0.1) is 0 Å². The molecule has 1 heterocycles. The molecule has 0 aliphatic carbocycles. The molecule has 3 rings (SSSR count). The number of benzene rings is 2. The number of carboxylic acids is 1. The van der Waals surface area contributed by atoms with E-state index in [4.69, 9.17) is 9.84 Å². The van der Waals surface area contributed by atoms with Crippen LogP contribution in [-0.4, -0.2) is 23.5 Å². The summed E-state index contributed by atoms with van der Waals surface area (Å²) >= 11 is 0. The summed E-state index contributed by atoms with van der Waals surface area (Å²) in [6.07, 6.45) is 0. The van der Waals surface area contributed by atoms with Crippen LogP contribution < -0.4 is 4.74 Å². The fourth-order valence-corrected chi connectivity index (χ4v) is 2.65. The van der Waals surface area contributed by atoms with Gasteiger partial charge in [0.2, 0.25) is 0 Å². The van der Waals surface area contributed by atoms with Crippen molar-refractivity contribution in [2.45, 2.75) is 18.8 Å². The largest absolute Gasteiger partial charge is 0.492 e. The highest BCUT2D eigenvalue weighted by Crippen LogP contribution is 2.34. The van der Waals surface area contributed by atoms with E-state index in [2.05, 4.69) is 0 Å². The number of aliphatic carboxylic acids is 1. The summed E-state index contributed by atoms with van der Waals surface area (Å²) in [5, 5.41) is 9.12. The number of rotatable bonds is 3. The van der Waals surface area contributed by atoms with Crippen LogP contribution in [0.2, 0.25) is 0 Å². The standard InChI is InChI=1S/C18H16O4/c1-11(18(20)21)13-7-8-16-14(9-13)17(19)15(10-22-16)12-5-3-2-4-6-12/h2-9,11,15H,10H2,1H3,(H,20,21). The third-order valence-corrected chi connectivity index (χ3v) is 4.06. The molecule has 2 unspecified atom stereocenters. The van der Waals surface area contributed by atoms with E-state index in [1.807, 2.05) is 30.3 Å². The number of ketones is 1. The van der Waals surface area contributed by atoms with E-state index < -0.39 is 11.9 Å². The molecule has 0 fully saturated rings. The van der Waals surface area contributed by atoms with Crippen LogP contribution in [0.5, 0.6) is 5.75 Å². The second-order valence-corrected chi connectivity index (χ2v) is 5.45. The second kappa shape index (κ2) is 5.64. The molecule has 1 aliphatic heterocycles. The van der Waals surface area contributed by atoms with E-state index in [0.717, 1.165) is 5.56 Å². The molecule has 1 aliphatic rings. The van der Waals surface area contributed by atoms with Gasteiger partial charge in [0.05, 0.1) is 17.4 Å². The molecular formula is C18H16O4. The lowest BCUT2D eigenvalue weighted by atomic mass is 9.87. The third-order valence-electron chi connectivity index (χ3n) is 4.06. The van der Waals surface area contributed by atoms with Gasteiger partial charge in [-0.1, -0.05) is 36.4 Å². The number of carbonyl (C=O) groups is 2. The molecule has 2 aromatic rings. The SMILES string of the molecule is CC(C(=O)O)c1ccc2c(c1)C(=O)C(c1ccccc1)CO2. The quantitative estimate of drug-likeness (QED) is 0.944. The summed E-state index contributed by atoms with van der Waals surface area (Å²) < 4.78 is 5.69. The monoisotopic (exact) mass is 296 g/mol. The average molecular weight is 296 g/mol. The van der Waals surface area contributed by atoms with E-state index in [-0.39, 0.29) is 11.7 Å². The van der Waals surface area contributed by atoms with Gasteiger partial charge in [-0.3, -0.25) is 9.59 Å². The minimum absolute atomic E-state index is 0.0214. The van der Waals surface area contributed by atoms with E-state index in [1.54, 1.807) is 25.1 Å². The topological polar surface area (TPSA) is 63.6 Å². The molecule has 4 nitrogen and oxygen atoms in total. The van der Waals surface area contributed by atoms with E-state index >= 15 is 0 Å². The smallest absolute Gasteiger partial charge is 0.310 e. The number of hydrogen-bond acceptors (Lipinski definition) is 3. The van der Waals surface area contributed by atoms with E-state index in [0.29, 0.717) is 23.5 Å². The molecule has 2 aromatic carbocycles. The van der Waals surface area contributed by atoms with Gasteiger partial charge in [0.25, 0.3) is 0 Å². The van der Waals surface area contributed by atoms with Gasteiger partial charge >= 0.3 is 5.97 Å². The highest BCUT2D eigenvalue weighted by Gasteiger charge is 2.31. The fourth-order valence-electron chi connectivity index (χ4n) is 2.65. The van der Waals surface area contributed by atoms with Crippen LogP contribution in [0.25, 0.3) is 0 Å². The predicted molar refractivity (Wildman–Crippen MR) is 81.5 cm³/mol. The summed E-state index contributed by atoms with van der Waals surface area (Å²) in [5.41, 5.74) is 1.98. The molecule has 0 amide bonds. The van der Waals surface area contributed by atoms with Gasteiger partial charge in [0, 0.05) is 0 Å². The second-order valence-electron chi connectivity index (χ2n) is 5.45. The lowest BCUT2D eigenvalue weighted by Gasteiger charge is -2.25. The molecule has 22 heavy (non-hydrogen) atoms. The highest BCUT2D eigenvalue weighted by atomic mass is 16.5. The van der Waals surface area contributed by atoms with Gasteiger partial charge in [-0.2, -0.15) is 0 Å². The Morgan fingerprint density at radius 3 is 2.64 bits per heavy atom. The highest BCUT2D eigenvalue weighted by molar-refractivity contribution is 6.04. The van der Waals surface area contributed by atoms with Crippen LogP contribution in [0.15, 0.2) is 48.5 Å².